The van der Waals surface area contributed by atoms with E-state index in [4.69, 9.17) is 16.3 Å². The van der Waals surface area contributed by atoms with Gasteiger partial charge in [0.25, 0.3) is 0 Å². The molecule has 1 aromatic rings. The quantitative estimate of drug-likeness (QED) is 0.794. The smallest absolute Gasteiger partial charge is 0.328 e. The van der Waals surface area contributed by atoms with E-state index in [0.29, 0.717) is 18.0 Å². The third-order valence-electron chi connectivity index (χ3n) is 2.86. The highest BCUT2D eigenvalue weighted by Crippen LogP contribution is 2.09. The molecule has 0 radical (unpaired) electrons. The second kappa shape index (κ2) is 8.52. The van der Waals surface area contributed by atoms with E-state index in [1.54, 1.807) is 12.1 Å². The SMILES string of the molecule is COC(=O)[C@@H](CC(C)C)NC(=O)NCc1ccc(Cl)cc1. The molecule has 1 atom stereocenters. The molecule has 1 aromatic carbocycles. The lowest BCUT2D eigenvalue weighted by Crippen LogP contribution is -2.46. The van der Waals surface area contributed by atoms with Crippen LogP contribution in [0.2, 0.25) is 5.02 Å². The zero-order chi connectivity index (χ0) is 15.8. The minimum atomic E-state index is -0.639. The Labute approximate surface area is 130 Å². The normalized spacial score (nSPS) is 11.9. The third kappa shape index (κ3) is 6.49. The molecule has 0 aliphatic rings. The molecule has 0 spiro atoms. The molecule has 0 saturated heterocycles. The lowest BCUT2D eigenvalue weighted by atomic mass is 10.0. The van der Waals surface area contributed by atoms with Crippen molar-refractivity contribution >= 4 is 23.6 Å². The van der Waals surface area contributed by atoms with Crippen LogP contribution in [-0.2, 0) is 16.1 Å². The number of benzene rings is 1. The van der Waals surface area contributed by atoms with Crippen LogP contribution in [0.25, 0.3) is 0 Å². The summed E-state index contributed by atoms with van der Waals surface area (Å²) in [4.78, 5) is 23.5. The summed E-state index contributed by atoms with van der Waals surface area (Å²) in [7, 11) is 1.31. The fourth-order valence-electron chi connectivity index (χ4n) is 1.82. The zero-order valence-corrected chi connectivity index (χ0v) is 13.2. The van der Waals surface area contributed by atoms with Gasteiger partial charge in [0, 0.05) is 11.6 Å². The summed E-state index contributed by atoms with van der Waals surface area (Å²) in [5.41, 5.74) is 0.924. The predicted molar refractivity (Wildman–Crippen MR) is 82.1 cm³/mol. The molecule has 116 valence electrons. The molecule has 2 N–H and O–H groups in total. The lowest BCUT2D eigenvalue weighted by molar-refractivity contribution is -0.143. The van der Waals surface area contributed by atoms with Gasteiger partial charge in [-0.25, -0.2) is 9.59 Å². The molecule has 6 heteroatoms. The highest BCUT2D eigenvalue weighted by Gasteiger charge is 2.22. The van der Waals surface area contributed by atoms with E-state index in [9.17, 15) is 9.59 Å². The summed E-state index contributed by atoms with van der Waals surface area (Å²) in [6, 6.07) is 6.13. The van der Waals surface area contributed by atoms with Gasteiger partial charge in [-0.1, -0.05) is 37.6 Å². The van der Waals surface area contributed by atoms with Crippen LogP contribution in [-0.4, -0.2) is 25.2 Å². The van der Waals surface area contributed by atoms with E-state index in [2.05, 4.69) is 10.6 Å². The fraction of sp³-hybridized carbons (Fsp3) is 0.467. The Bertz CT molecular complexity index is 474. The summed E-state index contributed by atoms with van der Waals surface area (Å²) in [5, 5.41) is 5.97. The molecule has 0 bridgehead atoms. The second-order valence-electron chi connectivity index (χ2n) is 5.16. The molecule has 5 nitrogen and oxygen atoms in total. The van der Waals surface area contributed by atoms with Crippen LogP contribution in [0, 0.1) is 5.92 Å². The summed E-state index contributed by atoms with van der Waals surface area (Å²) >= 11 is 5.79. The number of urea groups is 1. The van der Waals surface area contributed by atoms with E-state index in [1.807, 2.05) is 26.0 Å². The van der Waals surface area contributed by atoms with E-state index in [1.165, 1.54) is 7.11 Å². The predicted octanol–water partition coefficient (Wildman–Crippen LogP) is 2.73. The number of amides is 2. The molecule has 0 saturated carbocycles. The standard InChI is InChI=1S/C15H21ClN2O3/c1-10(2)8-13(14(19)21-3)18-15(20)17-9-11-4-6-12(16)7-5-11/h4-7,10,13H,8-9H2,1-3H3,(H2,17,18,20)/t13-/m1/s1. The first-order valence-electron chi connectivity index (χ1n) is 6.79. The molecular weight excluding hydrogens is 292 g/mol. The van der Waals surface area contributed by atoms with Gasteiger partial charge in [-0.05, 0) is 30.0 Å². The van der Waals surface area contributed by atoms with Gasteiger partial charge in [0.15, 0.2) is 0 Å². The maximum Gasteiger partial charge on any atom is 0.328 e. The number of halogens is 1. The average molecular weight is 313 g/mol. The fourth-order valence-corrected chi connectivity index (χ4v) is 1.95. The summed E-state index contributed by atoms with van der Waals surface area (Å²) in [6.07, 6.45) is 0.529. The van der Waals surface area contributed by atoms with E-state index >= 15 is 0 Å². The number of methoxy groups -OCH3 is 1. The largest absolute Gasteiger partial charge is 0.467 e. The van der Waals surface area contributed by atoms with Crippen LogP contribution < -0.4 is 10.6 Å². The minimum absolute atomic E-state index is 0.269. The van der Waals surface area contributed by atoms with Crippen LogP contribution >= 0.6 is 11.6 Å². The maximum atomic E-state index is 11.8. The molecule has 0 aliphatic heterocycles. The number of nitrogens with one attached hydrogen (secondary N) is 2. The molecule has 21 heavy (non-hydrogen) atoms. The lowest BCUT2D eigenvalue weighted by Gasteiger charge is -2.18. The van der Waals surface area contributed by atoms with E-state index < -0.39 is 18.0 Å². The topological polar surface area (TPSA) is 67.4 Å². The molecule has 0 aromatic heterocycles. The molecule has 0 heterocycles. The van der Waals surface area contributed by atoms with Crippen molar-refractivity contribution in [2.75, 3.05) is 7.11 Å². The van der Waals surface area contributed by atoms with Crippen molar-refractivity contribution in [3.63, 3.8) is 0 Å². The van der Waals surface area contributed by atoms with Gasteiger partial charge in [0.1, 0.15) is 6.04 Å². The molecule has 1 rings (SSSR count). The Kier molecular flexibility index (Phi) is 7.02. The molecule has 0 aliphatic carbocycles. The van der Waals surface area contributed by atoms with Gasteiger partial charge >= 0.3 is 12.0 Å². The highest BCUT2D eigenvalue weighted by atomic mass is 35.5. The third-order valence-corrected chi connectivity index (χ3v) is 3.12. The molecular formula is C15H21ClN2O3. The van der Waals surface area contributed by atoms with E-state index in [0.717, 1.165) is 5.56 Å². The van der Waals surface area contributed by atoms with Crippen LogP contribution in [0.15, 0.2) is 24.3 Å². The first kappa shape index (κ1) is 17.3. The number of rotatable bonds is 6. The average Bonchev–Trinajstić information content (AvgIpc) is 2.44. The molecule has 2 amide bonds. The Hall–Kier alpha value is -1.75. The number of esters is 1. The van der Waals surface area contributed by atoms with Crippen molar-refractivity contribution < 1.29 is 14.3 Å². The Morgan fingerprint density at radius 3 is 2.38 bits per heavy atom. The summed E-state index contributed by atoms with van der Waals surface area (Å²) < 4.78 is 4.69. The summed E-state index contributed by atoms with van der Waals surface area (Å²) in [5.74, 6) is -0.170. The number of hydrogen-bond donors (Lipinski definition) is 2. The summed E-state index contributed by atoms with van der Waals surface area (Å²) in [6.45, 7) is 4.31. The first-order chi connectivity index (χ1) is 9.92. The Balaban J connectivity index is 2.49. The van der Waals surface area contributed by atoms with Crippen molar-refractivity contribution in [1.29, 1.82) is 0 Å². The number of carbonyl (C=O) groups excluding carboxylic acids is 2. The number of hydrogen-bond acceptors (Lipinski definition) is 3. The first-order valence-corrected chi connectivity index (χ1v) is 7.16. The van der Waals surface area contributed by atoms with Crippen LogP contribution in [0.5, 0.6) is 0 Å². The van der Waals surface area contributed by atoms with Crippen molar-refractivity contribution in [3.8, 4) is 0 Å². The molecule has 0 unspecified atom stereocenters. The van der Waals surface area contributed by atoms with Crippen LogP contribution in [0.3, 0.4) is 0 Å². The van der Waals surface area contributed by atoms with Crippen LogP contribution in [0.4, 0.5) is 4.79 Å². The van der Waals surface area contributed by atoms with Crippen molar-refractivity contribution in [2.45, 2.75) is 32.9 Å². The van der Waals surface area contributed by atoms with Crippen molar-refractivity contribution in [3.05, 3.63) is 34.9 Å². The Morgan fingerprint density at radius 1 is 1.24 bits per heavy atom. The van der Waals surface area contributed by atoms with Gasteiger partial charge in [-0.15, -0.1) is 0 Å². The number of ether oxygens (including phenoxy) is 1. The second-order valence-corrected chi connectivity index (χ2v) is 5.60. The maximum absolute atomic E-state index is 11.8. The van der Waals surface area contributed by atoms with Crippen molar-refractivity contribution in [1.82, 2.24) is 10.6 Å². The van der Waals surface area contributed by atoms with Crippen LogP contribution in [0.1, 0.15) is 25.8 Å². The van der Waals surface area contributed by atoms with Gasteiger partial charge in [0.05, 0.1) is 7.11 Å². The van der Waals surface area contributed by atoms with Gasteiger partial charge in [0.2, 0.25) is 0 Å². The highest BCUT2D eigenvalue weighted by molar-refractivity contribution is 6.30. The molecule has 0 fully saturated rings. The monoisotopic (exact) mass is 312 g/mol. The van der Waals surface area contributed by atoms with Gasteiger partial charge < -0.3 is 15.4 Å². The van der Waals surface area contributed by atoms with Crippen molar-refractivity contribution in [2.24, 2.45) is 5.92 Å². The minimum Gasteiger partial charge on any atom is -0.467 e. The van der Waals surface area contributed by atoms with Gasteiger partial charge in [-0.2, -0.15) is 0 Å². The van der Waals surface area contributed by atoms with Gasteiger partial charge in [-0.3, -0.25) is 0 Å². The number of carbonyl (C=O) groups is 2. The zero-order valence-electron chi connectivity index (χ0n) is 12.5. The van der Waals surface area contributed by atoms with E-state index in [-0.39, 0.29) is 5.92 Å². The Morgan fingerprint density at radius 2 is 1.86 bits per heavy atom.